The Hall–Kier alpha value is -2.47. The molecule has 0 atom stereocenters. The molecule has 6 nitrogen and oxygen atoms in total. The number of carbonyl (C=O) groups is 1. The van der Waals surface area contributed by atoms with Crippen LogP contribution < -0.4 is 5.73 Å². The number of halogens is 2. The van der Waals surface area contributed by atoms with Gasteiger partial charge >= 0.3 is 0 Å². The van der Waals surface area contributed by atoms with Crippen molar-refractivity contribution in [2.45, 2.75) is 19.3 Å². The van der Waals surface area contributed by atoms with Crippen molar-refractivity contribution in [1.82, 2.24) is 20.4 Å². The van der Waals surface area contributed by atoms with Crippen LogP contribution in [0.15, 0.2) is 66.7 Å². The molecule has 2 heterocycles. The number of anilines is 1. The topological polar surface area (TPSA) is 100 Å². The monoisotopic (exact) mass is 649 g/mol. The number of ketones is 1. The molecule has 0 saturated carbocycles. The Morgan fingerprint density at radius 2 is 1.44 bits per heavy atom. The Kier molecular flexibility index (Phi) is 7.40. The van der Waals surface area contributed by atoms with Crippen LogP contribution in [0, 0.1) is 7.40 Å². The number of nitrogens with two attached hydrogens (primary N) is 1. The van der Waals surface area contributed by atoms with Gasteiger partial charge in [-0.15, -0.1) is 0 Å². The van der Waals surface area contributed by atoms with Crippen molar-refractivity contribution in [3.8, 4) is 0 Å². The SMILES string of the molecule is Nc1ccc2n[nH]c(I)c2c1.O=C(CCc1ccccc1)Cc1ccc2n[nH]c(I)c2c1. The highest BCUT2D eigenvalue weighted by atomic mass is 127. The van der Waals surface area contributed by atoms with Crippen molar-refractivity contribution in [1.29, 1.82) is 0 Å². The van der Waals surface area contributed by atoms with E-state index in [1.54, 1.807) is 0 Å². The van der Waals surface area contributed by atoms with Gasteiger partial charge in [-0.25, -0.2) is 0 Å². The Labute approximate surface area is 212 Å². The Balaban J connectivity index is 0.000000186. The van der Waals surface area contributed by atoms with E-state index in [-0.39, 0.29) is 5.78 Å². The number of hydrogen-bond donors (Lipinski definition) is 3. The lowest BCUT2D eigenvalue weighted by Crippen LogP contribution is -2.04. The molecule has 162 valence electrons. The molecule has 3 aromatic carbocycles. The van der Waals surface area contributed by atoms with Gasteiger partial charge in [-0.2, -0.15) is 10.2 Å². The normalized spacial score (nSPS) is 10.8. The zero-order valence-corrected chi connectivity index (χ0v) is 21.4. The van der Waals surface area contributed by atoms with E-state index in [1.165, 1.54) is 5.56 Å². The minimum atomic E-state index is 0.275. The molecule has 0 aliphatic carbocycles. The van der Waals surface area contributed by atoms with Crippen molar-refractivity contribution in [3.63, 3.8) is 0 Å². The number of fused-ring (bicyclic) bond motifs is 2. The van der Waals surface area contributed by atoms with E-state index >= 15 is 0 Å². The maximum absolute atomic E-state index is 12.1. The molecule has 0 aliphatic rings. The number of aryl methyl sites for hydroxylation is 1. The summed E-state index contributed by atoms with van der Waals surface area (Å²) in [7, 11) is 0. The quantitative estimate of drug-likeness (QED) is 0.169. The van der Waals surface area contributed by atoms with Crippen molar-refractivity contribution < 1.29 is 4.79 Å². The number of H-pyrrole nitrogens is 2. The molecule has 0 saturated heterocycles. The third kappa shape index (κ3) is 5.66. The Morgan fingerprint density at radius 3 is 2.12 bits per heavy atom. The fourth-order valence-electron chi connectivity index (χ4n) is 3.38. The molecule has 8 heteroatoms. The number of aromatic amines is 2. The molecule has 2 aromatic heterocycles. The number of Topliss-reactive ketones (excluding diaryl/α,β-unsaturated/α-hetero) is 1. The fraction of sp³-hybridized carbons (Fsp3) is 0.125. The first kappa shape index (κ1) is 22.7. The third-order valence-electron chi connectivity index (χ3n) is 5.04. The van der Waals surface area contributed by atoms with Gasteiger partial charge in [0.05, 0.1) is 11.0 Å². The van der Waals surface area contributed by atoms with Crippen LogP contribution in [0.1, 0.15) is 17.5 Å². The van der Waals surface area contributed by atoms with E-state index in [0.717, 1.165) is 46.9 Å². The molecule has 0 bridgehead atoms. The maximum Gasteiger partial charge on any atom is 0.137 e. The summed E-state index contributed by atoms with van der Waals surface area (Å²) in [5.74, 6) is 0.275. The van der Waals surface area contributed by atoms with Gasteiger partial charge < -0.3 is 5.73 Å². The molecule has 0 radical (unpaired) electrons. The van der Waals surface area contributed by atoms with Gasteiger partial charge in [0.2, 0.25) is 0 Å². The molecule has 5 aromatic rings. The predicted octanol–water partition coefficient (Wildman–Crippen LogP) is 5.66. The van der Waals surface area contributed by atoms with Crippen LogP contribution in [-0.2, 0) is 17.6 Å². The van der Waals surface area contributed by atoms with E-state index in [0.29, 0.717) is 12.8 Å². The van der Waals surface area contributed by atoms with Gasteiger partial charge in [0.1, 0.15) is 13.2 Å². The van der Waals surface area contributed by atoms with E-state index in [9.17, 15) is 4.79 Å². The zero-order chi connectivity index (χ0) is 22.5. The summed E-state index contributed by atoms with van der Waals surface area (Å²) >= 11 is 4.42. The third-order valence-corrected chi connectivity index (χ3v) is 6.68. The van der Waals surface area contributed by atoms with Gasteiger partial charge in [-0.3, -0.25) is 15.0 Å². The van der Waals surface area contributed by atoms with Gasteiger partial charge in [-0.1, -0.05) is 36.4 Å². The van der Waals surface area contributed by atoms with Crippen LogP contribution in [0.4, 0.5) is 5.69 Å². The lowest BCUT2D eigenvalue weighted by atomic mass is 10.0. The summed E-state index contributed by atoms with van der Waals surface area (Å²) in [6.45, 7) is 0. The summed E-state index contributed by atoms with van der Waals surface area (Å²) in [4.78, 5) is 12.1. The number of hydrogen-bond acceptors (Lipinski definition) is 4. The second kappa shape index (κ2) is 10.4. The number of nitrogen functional groups attached to an aromatic ring is 1. The smallest absolute Gasteiger partial charge is 0.137 e. The lowest BCUT2D eigenvalue weighted by Gasteiger charge is -2.02. The number of rotatable bonds is 5. The summed E-state index contributed by atoms with van der Waals surface area (Å²) in [5.41, 5.74) is 10.6. The number of nitrogens with one attached hydrogen (secondary N) is 2. The first-order chi connectivity index (χ1) is 15.5. The number of aromatic nitrogens is 4. The number of benzene rings is 3. The summed E-state index contributed by atoms with van der Waals surface area (Å²) in [5, 5.41) is 16.3. The second-order valence-electron chi connectivity index (χ2n) is 7.40. The van der Waals surface area contributed by atoms with Crippen molar-refractivity contribution in [2.75, 3.05) is 5.73 Å². The average molecular weight is 649 g/mol. The van der Waals surface area contributed by atoms with Crippen LogP contribution in [0.25, 0.3) is 21.8 Å². The molecule has 0 amide bonds. The molecular formula is C24H21I2N5O. The molecule has 0 spiro atoms. The largest absolute Gasteiger partial charge is 0.399 e. The molecule has 5 rings (SSSR count). The molecule has 4 N–H and O–H groups in total. The van der Waals surface area contributed by atoms with E-state index in [4.69, 9.17) is 5.73 Å². The van der Waals surface area contributed by atoms with Crippen LogP contribution >= 0.6 is 45.2 Å². The Bertz CT molecular complexity index is 1360. The Morgan fingerprint density at radius 1 is 0.812 bits per heavy atom. The fourth-order valence-corrected chi connectivity index (χ4v) is 4.48. The van der Waals surface area contributed by atoms with Gasteiger partial charge in [0, 0.05) is 29.3 Å². The highest BCUT2D eigenvalue weighted by molar-refractivity contribution is 14.1. The molecule has 0 unspecified atom stereocenters. The second-order valence-corrected chi connectivity index (χ2v) is 9.56. The summed E-state index contributed by atoms with van der Waals surface area (Å²) in [6.07, 6.45) is 1.89. The van der Waals surface area contributed by atoms with E-state index < -0.39 is 0 Å². The van der Waals surface area contributed by atoms with Crippen LogP contribution in [0.2, 0.25) is 0 Å². The van der Waals surface area contributed by atoms with E-state index in [2.05, 4.69) is 83.8 Å². The molecular weight excluding hydrogens is 628 g/mol. The highest BCUT2D eigenvalue weighted by Gasteiger charge is 2.08. The summed E-state index contributed by atoms with van der Waals surface area (Å²) in [6, 6.07) is 21.8. The maximum atomic E-state index is 12.1. The average Bonchev–Trinajstić information content (AvgIpc) is 3.36. The zero-order valence-electron chi connectivity index (χ0n) is 17.1. The van der Waals surface area contributed by atoms with Crippen LogP contribution in [0.5, 0.6) is 0 Å². The minimum Gasteiger partial charge on any atom is -0.399 e. The van der Waals surface area contributed by atoms with Crippen LogP contribution in [0.3, 0.4) is 0 Å². The number of carbonyl (C=O) groups excluding carboxylic acids is 1. The van der Waals surface area contributed by atoms with Gasteiger partial charge in [-0.05, 0) is 93.1 Å². The first-order valence-corrected chi connectivity index (χ1v) is 12.2. The lowest BCUT2D eigenvalue weighted by molar-refractivity contribution is -0.118. The molecule has 0 fully saturated rings. The predicted molar refractivity (Wildman–Crippen MR) is 146 cm³/mol. The summed E-state index contributed by atoms with van der Waals surface area (Å²) < 4.78 is 2.05. The van der Waals surface area contributed by atoms with Gasteiger partial charge in [0.15, 0.2) is 0 Å². The standard InChI is InChI=1S/C17H15IN2O.C7H6IN3/c18-17-15-11-13(7-9-16(15)19-20-17)10-14(21)8-6-12-4-2-1-3-5-12;8-7-5-3-4(9)1-2-6(5)10-11-7/h1-5,7,9,11H,6,8,10H2,(H,19,20);1-3H,9H2,(H,10,11). The number of nitrogens with zero attached hydrogens (tertiary/aromatic N) is 2. The van der Waals surface area contributed by atoms with E-state index in [1.807, 2.05) is 48.5 Å². The molecule has 32 heavy (non-hydrogen) atoms. The minimum absolute atomic E-state index is 0.275. The molecule has 0 aliphatic heterocycles. The van der Waals surface area contributed by atoms with Crippen molar-refractivity contribution >= 4 is 78.5 Å². The first-order valence-electron chi connectivity index (χ1n) is 10.1. The highest BCUT2D eigenvalue weighted by Crippen LogP contribution is 2.20. The van der Waals surface area contributed by atoms with Gasteiger partial charge in [0.25, 0.3) is 0 Å². The van der Waals surface area contributed by atoms with Crippen molar-refractivity contribution in [2.24, 2.45) is 0 Å². The van der Waals surface area contributed by atoms with Crippen LogP contribution in [-0.4, -0.2) is 26.2 Å². The van der Waals surface area contributed by atoms with Crippen molar-refractivity contribution in [3.05, 3.63) is 85.3 Å².